The molecule has 39 heavy (non-hydrogen) atoms. The molecule has 0 spiro atoms. The zero-order valence-electron chi connectivity index (χ0n) is 23.1. The lowest BCUT2D eigenvalue weighted by molar-refractivity contribution is -0.147. The van der Waals surface area contributed by atoms with Crippen LogP contribution in [0.4, 0.5) is 0 Å². The average molecular weight is 528 g/mol. The van der Waals surface area contributed by atoms with Crippen molar-refractivity contribution in [2.75, 3.05) is 13.7 Å². The van der Waals surface area contributed by atoms with Crippen LogP contribution < -0.4 is 15.0 Å². The Hall–Kier alpha value is -4.46. The minimum absolute atomic E-state index is 0.206. The molecule has 0 aliphatic heterocycles. The van der Waals surface area contributed by atoms with E-state index in [2.05, 4.69) is 18.9 Å². The fraction of sp³-hybridized carbons (Fsp3) is 0.290. The van der Waals surface area contributed by atoms with Gasteiger partial charge in [0.25, 0.3) is 5.56 Å². The van der Waals surface area contributed by atoms with Crippen LogP contribution in [0.3, 0.4) is 0 Å². The van der Waals surface area contributed by atoms with Crippen LogP contribution >= 0.6 is 0 Å². The first-order valence-electron chi connectivity index (χ1n) is 12.9. The summed E-state index contributed by atoms with van der Waals surface area (Å²) in [5.74, 6) is 1.54. The van der Waals surface area contributed by atoms with Crippen LogP contribution in [0.5, 0.6) is 11.5 Å². The fourth-order valence-electron chi connectivity index (χ4n) is 4.25. The quantitative estimate of drug-likeness (QED) is 0.204. The second-order valence-electron chi connectivity index (χ2n) is 9.46. The van der Waals surface area contributed by atoms with Crippen molar-refractivity contribution in [3.05, 3.63) is 87.7 Å². The van der Waals surface area contributed by atoms with Crippen LogP contribution in [0, 0.1) is 6.92 Å². The third kappa shape index (κ3) is 6.00. The van der Waals surface area contributed by atoms with Gasteiger partial charge < -0.3 is 14.2 Å². The van der Waals surface area contributed by atoms with E-state index in [9.17, 15) is 9.59 Å². The topological polar surface area (TPSA) is 92.0 Å². The molecule has 1 atom stereocenters. The van der Waals surface area contributed by atoms with Gasteiger partial charge >= 0.3 is 5.97 Å². The molecule has 0 saturated carbocycles. The number of benzene rings is 3. The predicted molar refractivity (Wildman–Crippen MR) is 153 cm³/mol. The first-order chi connectivity index (χ1) is 18.7. The Kier molecular flexibility index (Phi) is 8.44. The largest absolute Gasteiger partial charge is 0.494 e. The second kappa shape index (κ2) is 11.9. The van der Waals surface area contributed by atoms with E-state index in [1.165, 1.54) is 11.8 Å². The summed E-state index contributed by atoms with van der Waals surface area (Å²) >= 11 is 0. The Bertz CT molecular complexity index is 1570. The van der Waals surface area contributed by atoms with Crippen LogP contribution in [0.2, 0.25) is 0 Å². The van der Waals surface area contributed by atoms with Gasteiger partial charge in [0.2, 0.25) is 0 Å². The van der Waals surface area contributed by atoms with Gasteiger partial charge in [-0.25, -0.2) is 9.78 Å². The maximum atomic E-state index is 13.6. The molecule has 1 aromatic heterocycles. The van der Waals surface area contributed by atoms with Crippen molar-refractivity contribution in [3.8, 4) is 22.9 Å². The van der Waals surface area contributed by atoms with Gasteiger partial charge in [-0.15, -0.1) is 0 Å². The molecule has 0 fully saturated rings. The maximum absolute atomic E-state index is 13.6. The number of hydrogen-bond acceptors (Lipinski definition) is 7. The van der Waals surface area contributed by atoms with E-state index < -0.39 is 12.1 Å². The number of aromatic nitrogens is 2. The van der Waals surface area contributed by atoms with Crippen LogP contribution in [-0.2, 0) is 9.53 Å². The van der Waals surface area contributed by atoms with E-state index in [1.54, 1.807) is 43.5 Å². The van der Waals surface area contributed by atoms with E-state index in [0.717, 1.165) is 28.0 Å². The number of hydrogen-bond donors (Lipinski definition) is 0. The van der Waals surface area contributed by atoms with Crippen molar-refractivity contribution in [2.24, 2.45) is 5.10 Å². The van der Waals surface area contributed by atoms with E-state index >= 15 is 0 Å². The minimum atomic E-state index is -0.729. The van der Waals surface area contributed by atoms with Gasteiger partial charge in [-0.05, 0) is 91.9 Å². The smallest absolute Gasteiger partial charge is 0.346 e. The van der Waals surface area contributed by atoms with E-state index in [-0.39, 0.29) is 11.5 Å². The lowest BCUT2D eigenvalue weighted by Crippen LogP contribution is -2.24. The zero-order chi connectivity index (χ0) is 28.1. The number of nitrogens with zero attached hydrogens (tertiary/aromatic N) is 3. The fourth-order valence-corrected chi connectivity index (χ4v) is 4.25. The SMILES string of the molecule is CCOc1cc(C)c(-c2nc3ccccc3c(=O)n2N=Cc2ccc(O[C@@H](C)C(=O)OC)cc2)cc1C(C)C. The monoisotopic (exact) mass is 527 g/mol. The molecular weight excluding hydrogens is 494 g/mol. The van der Waals surface area contributed by atoms with E-state index in [4.69, 9.17) is 19.2 Å². The number of aryl methyl sites for hydroxylation is 1. The highest BCUT2D eigenvalue weighted by Gasteiger charge is 2.19. The summed E-state index contributed by atoms with van der Waals surface area (Å²) in [4.78, 5) is 30.1. The number of esters is 1. The summed E-state index contributed by atoms with van der Waals surface area (Å²) in [6.07, 6.45) is 0.870. The molecule has 0 unspecified atom stereocenters. The number of rotatable bonds is 9. The number of fused-ring (bicyclic) bond motifs is 1. The van der Waals surface area contributed by atoms with Crippen molar-refractivity contribution in [3.63, 3.8) is 0 Å². The van der Waals surface area contributed by atoms with E-state index in [0.29, 0.717) is 29.1 Å². The summed E-state index contributed by atoms with van der Waals surface area (Å²) in [6, 6.07) is 18.3. The predicted octanol–water partition coefficient (Wildman–Crippen LogP) is 5.72. The number of para-hydroxylation sites is 1. The van der Waals surface area contributed by atoms with Crippen LogP contribution in [0.25, 0.3) is 22.3 Å². The van der Waals surface area contributed by atoms with Gasteiger partial charge in [0.05, 0.1) is 30.8 Å². The number of methoxy groups -OCH3 is 1. The third-order valence-electron chi connectivity index (χ3n) is 6.32. The van der Waals surface area contributed by atoms with Crippen LogP contribution in [0.1, 0.15) is 50.3 Å². The van der Waals surface area contributed by atoms with Gasteiger partial charge in [0.15, 0.2) is 11.9 Å². The Morgan fingerprint density at radius 3 is 2.46 bits per heavy atom. The number of carbonyl (C=O) groups excluding carboxylic acids is 1. The molecule has 0 N–H and O–H groups in total. The zero-order valence-corrected chi connectivity index (χ0v) is 23.1. The first-order valence-corrected chi connectivity index (χ1v) is 12.9. The first kappa shape index (κ1) is 27.6. The van der Waals surface area contributed by atoms with Gasteiger partial charge in [0, 0.05) is 5.56 Å². The highest BCUT2D eigenvalue weighted by molar-refractivity contribution is 5.82. The average Bonchev–Trinajstić information content (AvgIpc) is 2.93. The molecule has 0 aliphatic carbocycles. The summed E-state index contributed by atoms with van der Waals surface area (Å²) in [7, 11) is 1.32. The van der Waals surface area contributed by atoms with Gasteiger partial charge in [-0.2, -0.15) is 9.78 Å². The molecule has 0 saturated heterocycles. The number of carbonyl (C=O) groups is 1. The summed E-state index contributed by atoms with van der Waals surface area (Å²) < 4.78 is 17.6. The Labute approximate surface area is 227 Å². The summed E-state index contributed by atoms with van der Waals surface area (Å²) in [5.41, 5.74) is 3.85. The standard InChI is InChI=1S/C31H33N3O5/c1-7-38-28-16-20(4)26(17-25(28)19(2)3)29-33-27-11-9-8-10-24(27)30(35)34(29)32-18-22-12-14-23(15-13-22)39-21(5)31(36)37-6/h8-19,21H,7H2,1-6H3/t21-/m0/s1. The van der Waals surface area contributed by atoms with Gasteiger partial charge in [-0.3, -0.25) is 4.79 Å². The van der Waals surface area contributed by atoms with Crippen molar-refractivity contribution < 1.29 is 19.0 Å². The molecule has 202 valence electrons. The second-order valence-corrected chi connectivity index (χ2v) is 9.46. The highest BCUT2D eigenvalue weighted by Crippen LogP contribution is 2.34. The Morgan fingerprint density at radius 2 is 1.79 bits per heavy atom. The Balaban J connectivity index is 1.80. The van der Waals surface area contributed by atoms with Crippen molar-refractivity contribution >= 4 is 23.1 Å². The van der Waals surface area contributed by atoms with Crippen LogP contribution in [0.15, 0.2) is 70.6 Å². The van der Waals surface area contributed by atoms with Crippen molar-refractivity contribution in [2.45, 2.75) is 46.6 Å². The molecule has 4 aromatic rings. The molecule has 8 heteroatoms. The molecule has 4 rings (SSSR count). The number of ether oxygens (including phenoxy) is 3. The van der Waals surface area contributed by atoms with E-state index in [1.807, 2.05) is 44.2 Å². The molecule has 0 amide bonds. The van der Waals surface area contributed by atoms with Crippen molar-refractivity contribution in [1.82, 2.24) is 9.66 Å². The summed E-state index contributed by atoms with van der Waals surface area (Å²) in [6.45, 7) is 10.3. The lowest BCUT2D eigenvalue weighted by atomic mass is 9.96. The highest BCUT2D eigenvalue weighted by atomic mass is 16.6. The molecule has 3 aromatic carbocycles. The Morgan fingerprint density at radius 1 is 1.08 bits per heavy atom. The molecular formula is C31H33N3O5. The molecule has 1 heterocycles. The molecule has 0 aliphatic rings. The maximum Gasteiger partial charge on any atom is 0.346 e. The minimum Gasteiger partial charge on any atom is -0.494 e. The lowest BCUT2D eigenvalue weighted by Gasteiger charge is -2.18. The third-order valence-corrected chi connectivity index (χ3v) is 6.32. The van der Waals surface area contributed by atoms with Crippen LogP contribution in [-0.4, -0.2) is 41.7 Å². The summed E-state index contributed by atoms with van der Waals surface area (Å²) in [5, 5.41) is 5.06. The van der Waals surface area contributed by atoms with Crippen molar-refractivity contribution in [1.29, 1.82) is 0 Å². The molecule has 0 bridgehead atoms. The molecule has 0 radical (unpaired) electrons. The van der Waals surface area contributed by atoms with Gasteiger partial charge in [0.1, 0.15) is 11.5 Å². The normalized spacial score (nSPS) is 12.2. The molecule has 8 nitrogen and oxygen atoms in total. The van der Waals surface area contributed by atoms with Gasteiger partial charge in [-0.1, -0.05) is 26.0 Å².